The summed E-state index contributed by atoms with van der Waals surface area (Å²) in [6.45, 7) is 1.61. The fourth-order valence-corrected chi connectivity index (χ4v) is 3.65. The van der Waals surface area contributed by atoms with Crippen molar-refractivity contribution in [2.75, 3.05) is 0 Å². The summed E-state index contributed by atoms with van der Waals surface area (Å²) < 4.78 is 12.2. The summed E-state index contributed by atoms with van der Waals surface area (Å²) in [6, 6.07) is 7.46. The first-order valence-electron chi connectivity index (χ1n) is 7.80. The quantitative estimate of drug-likeness (QED) is 0.918. The molecule has 1 saturated carbocycles. The zero-order valence-corrected chi connectivity index (χ0v) is 13.4. The lowest BCUT2D eigenvalue weighted by atomic mass is 9.93. The molecule has 22 heavy (non-hydrogen) atoms. The molecule has 1 aromatic rings. The largest absolute Gasteiger partial charge is 0.479 e. The predicted octanol–water partition coefficient (Wildman–Crippen LogP) is 3.80. The molecule has 0 amide bonds. The fourth-order valence-electron chi connectivity index (χ4n) is 3.44. The number of hydrogen-bond acceptors (Lipinski definition) is 3. The van der Waals surface area contributed by atoms with Crippen LogP contribution in [0, 0.1) is 0 Å². The smallest absolute Gasteiger partial charge is 0.338 e. The Morgan fingerprint density at radius 3 is 2.64 bits per heavy atom. The van der Waals surface area contributed by atoms with Gasteiger partial charge in [-0.15, -0.1) is 0 Å². The van der Waals surface area contributed by atoms with E-state index >= 15 is 0 Å². The minimum atomic E-state index is -1.34. The third-order valence-electron chi connectivity index (χ3n) is 4.77. The van der Waals surface area contributed by atoms with Crippen molar-refractivity contribution >= 4 is 17.6 Å². The van der Waals surface area contributed by atoms with Crippen LogP contribution in [0.5, 0.6) is 0 Å². The molecule has 1 N–H and O–H groups in total. The van der Waals surface area contributed by atoms with Gasteiger partial charge in [0, 0.05) is 24.3 Å². The molecule has 1 saturated heterocycles. The van der Waals surface area contributed by atoms with Crippen LogP contribution in [0.4, 0.5) is 0 Å². The Balaban J connectivity index is 1.87. The lowest BCUT2D eigenvalue weighted by Gasteiger charge is -2.32. The monoisotopic (exact) mass is 324 g/mol. The van der Waals surface area contributed by atoms with Crippen LogP contribution in [0.3, 0.4) is 0 Å². The van der Waals surface area contributed by atoms with Crippen LogP contribution in [0.2, 0.25) is 5.02 Å². The van der Waals surface area contributed by atoms with E-state index in [2.05, 4.69) is 0 Å². The Hall–Kier alpha value is -1.10. The lowest BCUT2D eigenvalue weighted by Crippen LogP contribution is -2.46. The van der Waals surface area contributed by atoms with Gasteiger partial charge in [-0.05, 0) is 31.4 Å². The van der Waals surface area contributed by atoms with Crippen molar-refractivity contribution in [2.45, 2.75) is 62.9 Å². The van der Waals surface area contributed by atoms with E-state index in [1.54, 1.807) is 13.0 Å². The van der Waals surface area contributed by atoms with Gasteiger partial charge < -0.3 is 14.6 Å². The van der Waals surface area contributed by atoms with Gasteiger partial charge in [0.25, 0.3) is 0 Å². The first-order chi connectivity index (χ1) is 10.5. The first kappa shape index (κ1) is 15.8. The molecule has 1 spiro atoms. The third kappa shape index (κ3) is 2.75. The maximum atomic E-state index is 11.8. The maximum Gasteiger partial charge on any atom is 0.338 e. The number of halogens is 1. The molecular formula is C17H21ClO4. The zero-order chi connectivity index (χ0) is 15.8. The number of hydrogen-bond donors (Lipinski definition) is 1. The number of carbonyl (C=O) groups is 1. The number of benzene rings is 1. The van der Waals surface area contributed by atoms with Crippen molar-refractivity contribution in [3.8, 4) is 0 Å². The summed E-state index contributed by atoms with van der Waals surface area (Å²) in [6.07, 6.45) is 4.58. The molecule has 0 aromatic heterocycles. The summed E-state index contributed by atoms with van der Waals surface area (Å²) in [5, 5.41) is 10.3. The number of carboxylic acid groups (broad SMARTS) is 1. The van der Waals surface area contributed by atoms with Gasteiger partial charge in [0.05, 0.1) is 0 Å². The molecule has 0 bridgehead atoms. The van der Waals surface area contributed by atoms with Gasteiger partial charge in [-0.3, -0.25) is 0 Å². The van der Waals surface area contributed by atoms with Crippen LogP contribution in [-0.4, -0.2) is 28.6 Å². The molecule has 3 rings (SSSR count). The molecule has 1 aromatic carbocycles. The number of ether oxygens (including phenoxy) is 2. The normalized spacial score (nSPS) is 30.5. The van der Waals surface area contributed by atoms with E-state index in [0.29, 0.717) is 11.4 Å². The van der Waals surface area contributed by atoms with Gasteiger partial charge >= 0.3 is 5.97 Å². The van der Waals surface area contributed by atoms with E-state index in [1.165, 1.54) is 0 Å². The summed E-state index contributed by atoms with van der Waals surface area (Å²) in [5.74, 6) is -1.72. The number of carboxylic acids is 1. The Bertz CT molecular complexity index is 568. The highest BCUT2D eigenvalue weighted by Crippen LogP contribution is 2.46. The average molecular weight is 325 g/mol. The molecule has 120 valence electrons. The minimum Gasteiger partial charge on any atom is -0.479 e. The minimum absolute atomic E-state index is 0.435. The van der Waals surface area contributed by atoms with Crippen LogP contribution in [0.25, 0.3) is 0 Å². The fraction of sp³-hybridized carbons (Fsp3) is 0.588. The molecule has 2 aliphatic rings. The van der Waals surface area contributed by atoms with Crippen molar-refractivity contribution < 1.29 is 19.4 Å². The molecular weight excluding hydrogens is 304 g/mol. The second-order valence-electron chi connectivity index (χ2n) is 6.39. The van der Waals surface area contributed by atoms with E-state index in [9.17, 15) is 9.90 Å². The molecule has 0 radical (unpaired) electrons. The maximum absolute atomic E-state index is 11.8. The van der Waals surface area contributed by atoms with E-state index < -0.39 is 23.5 Å². The second-order valence-corrected chi connectivity index (χ2v) is 6.79. The highest BCUT2D eigenvalue weighted by Gasteiger charge is 2.58. The van der Waals surface area contributed by atoms with Gasteiger partial charge in [-0.1, -0.05) is 36.2 Å². The van der Waals surface area contributed by atoms with Crippen LogP contribution in [0.15, 0.2) is 24.3 Å². The van der Waals surface area contributed by atoms with Crippen molar-refractivity contribution in [3.05, 3.63) is 34.9 Å². The SMILES string of the molecule is C[C@]1(C(=O)O)OC2(CCCCC2)O[C@@H]1Cc1ccccc1Cl. The molecule has 1 heterocycles. The summed E-state index contributed by atoms with van der Waals surface area (Å²) in [5.41, 5.74) is -0.450. The van der Waals surface area contributed by atoms with E-state index in [-0.39, 0.29) is 0 Å². The number of rotatable bonds is 3. The van der Waals surface area contributed by atoms with Crippen molar-refractivity contribution in [1.82, 2.24) is 0 Å². The van der Waals surface area contributed by atoms with Crippen LogP contribution < -0.4 is 0 Å². The molecule has 1 aliphatic heterocycles. The standard InChI is InChI=1S/C17H21ClO4/c1-16(15(19)20)14(11-12-7-3-4-8-13(12)18)21-17(22-16)9-5-2-6-10-17/h3-4,7-8,14H,2,5-6,9-11H2,1H3,(H,19,20)/t14-,16+/m1/s1. The Kier molecular flexibility index (Phi) is 4.19. The summed E-state index contributed by atoms with van der Waals surface area (Å²) in [4.78, 5) is 11.8. The summed E-state index contributed by atoms with van der Waals surface area (Å²) in [7, 11) is 0. The van der Waals surface area contributed by atoms with E-state index in [1.807, 2.05) is 18.2 Å². The summed E-state index contributed by atoms with van der Waals surface area (Å²) >= 11 is 6.21. The number of aliphatic carboxylic acids is 1. The van der Waals surface area contributed by atoms with Gasteiger partial charge in [0.15, 0.2) is 11.4 Å². The molecule has 4 nitrogen and oxygen atoms in total. The molecule has 2 fully saturated rings. The Morgan fingerprint density at radius 1 is 1.32 bits per heavy atom. The van der Waals surface area contributed by atoms with Crippen LogP contribution in [-0.2, 0) is 20.7 Å². The lowest BCUT2D eigenvalue weighted by molar-refractivity contribution is -0.211. The van der Waals surface area contributed by atoms with E-state index in [0.717, 1.165) is 37.7 Å². The van der Waals surface area contributed by atoms with Crippen molar-refractivity contribution in [2.24, 2.45) is 0 Å². The molecule has 5 heteroatoms. The van der Waals surface area contributed by atoms with Gasteiger partial charge in [-0.2, -0.15) is 0 Å². The molecule has 2 atom stereocenters. The molecule has 0 unspecified atom stereocenters. The Labute approximate surface area is 135 Å². The van der Waals surface area contributed by atoms with Gasteiger partial charge in [0.2, 0.25) is 0 Å². The highest BCUT2D eigenvalue weighted by atomic mass is 35.5. The first-order valence-corrected chi connectivity index (χ1v) is 8.18. The van der Waals surface area contributed by atoms with Crippen molar-refractivity contribution in [1.29, 1.82) is 0 Å². The van der Waals surface area contributed by atoms with Gasteiger partial charge in [0.1, 0.15) is 6.10 Å². The molecule has 1 aliphatic carbocycles. The topological polar surface area (TPSA) is 55.8 Å². The Morgan fingerprint density at radius 2 is 2.00 bits per heavy atom. The average Bonchev–Trinajstić information content (AvgIpc) is 2.75. The highest BCUT2D eigenvalue weighted by molar-refractivity contribution is 6.31. The van der Waals surface area contributed by atoms with Crippen LogP contribution in [0.1, 0.15) is 44.6 Å². The van der Waals surface area contributed by atoms with Crippen LogP contribution >= 0.6 is 11.6 Å². The van der Waals surface area contributed by atoms with Crippen molar-refractivity contribution in [3.63, 3.8) is 0 Å². The second kappa shape index (κ2) is 5.84. The zero-order valence-electron chi connectivity index (χ0n) is 12.7. The van der Waals surface area contributed by atoms with E-state index in [4.69, 9.17) is 21.1 Å². The van der Waals surface area contributed by atoms with Gasteiger partial charge in [-0.25, -0.2) is 4.79 Å². The predicted molar refractivity (Wildman–Crippen MR) is 83.0 cm³/mol. The third-order valence-corrected chi connectivity index (χ3v) is 5.14.